The van der Waals surface area contributed by atoms with Crippen LogP contribution in [0.25, 0.3) is 0 Å². The molecule has 0 atom stereocenters. The van der Waals surface area contributed by atoms with Gasteiger partial charge in [0.05, 0.1) is 11.4 Å². The van der Waals surface area contributed by atoms with Gasteiger partial charge in [-0.1, -0.05) is 115 Å². The van der Waals surface area contributed by atoms with E-state index < -0.39 is 0 Å². The summed E-state index contributed by atoms with van der Waals surface area (Å²) >= 11 is 0. The fourth-order valence-electron chi connectivity index (χ4n) is 4.31. The van der Waals surface area contributed by atoms with Gasteiger partial charge in [0.2, 0.25) is 0 Å². The van der Waals surface area contributed by atoms with Crippen LogP contribution >= 0.6 is 0 Å². The Morgan fingerprint density at radius 2 is 0.771 bits per heavy atom. The molecule has 0 bridgehead atoms. The first-order valence-electron chi connectivity index (χ1n) is 14.1. The molecule has 0 aromatic heterocycles. The van der Waals surface area contributed by atoms with Gasteiger partial charge in [-0.15, -0.1) is 0 Å². The van der Waals surface area contributed by atoms with Crippen molar-refractivity contribution in [3.05, 3.63) is 59.7 Å². The number of aliphatic imine (C=N–C) groups is 2. The molecular weight excluding hydrogens is 471 g/mol. The first-order valence-corrected chi connectivity index (χ1v) is 14.1. The van der Waals surface area contributed by atoms with Crippen LogP contribution in [0.5, 0.6) is 0 Å². The van der Waals surface area contributed by atoms with E-state index in [0.717, 1.165) is 11.4 Å². The number of nitrogens with zero attached hydrogens (tertiary/aromatic N) is 2. The zero-order valence-electron chi connectivity index (χ0n) is 22.3. The SMILES string of the molecule is CCCCCCCCCc1ccc(N=CC=Nc2ccc(CCCCCCCCC)cc2)cc1.[Ni]. The maximum Gasteiger partial charge on any atom is 0.0630 e. The third-order valence-electron chi connectivity index (χ3n) is 6.52. The number of unbranched alkanes of at least 4 members (excludes halogenated alkanes) is 12. The van der Waals surface area contributed by atoms with Crippen molar-refractivity contribution in [3.8, 4) is 0 Å². The second-order valence-electron chi connectivity index (χ2n) is 9.63. The Morgan fingerprint density at radius 3 is 1.11 bits per heavy atom. The Balaban J connectivity index is 0.00000612. The first kappa shape index (κ1) is 31.3. The van der Waals surface area contributed by atoms with Crippen LogP contribution in [0, 0.1) is 0 Å². The molecule has 0 N–H and O–H groups in total. The second-order valence-corrected chi connectivity index (χ2v) is 9.63. The van der Waals surface area contributed by atoms with Gasteiger partial charge in [-0.05, 0) is 61.1 Å². The molecule has 3 heteroatoms. The van der Waals surface area contributed by atoms with Gasteiger partial charge in [0.1, 0.15) is 0 Å². The van der Waals surface area contributed by atoms with Crippen molar-refractivity contribution in [1.82, 2.24) is 0 Å². The molecular formula is C32H48N2Ni. The van der Waals surface area contributed by atoms with Gasteiger partial charge in [-0.25, -0.2) is 0 Å². The topological polar surface area (TPSA) is 24.7 Å². The number of aryl methyl sites for hydroxylation is 2. The fraction of sp³-hybridized carbons (Fsp3) is 0.562. The normalized spacial score (nSPS) is 11.4. The van der Waals surface area contributed by atoms with Crippen LogP contribution in [0.1, 0.15) is 115 Å². The van der Waals surface area contributed by atoms with Gasteiger partial charge < -0.3 is 0 Å². The van der Waals surface area contributed by atoms with Crippen LogP contribution in [0.4, 0.5) is 11.4 Å². The van der Waals surface area contributed by atoms with E-state index in [4.69, 9.17) is 0 Å². The van der Waals surface area contributed by atoms with E-state index >= 15 is 0 Å². The minimum absolute atomic E-state index is 0. The van der Waals surface area contributed by atoms with E-state index in [1.807, 2.05) is 0 Å². The molecule has 0 fully saturated rings. The molecule has 0 aliphatic carbocycles. The molecule has 0 saturated carbocycles. The van der Waals surface area contributed by atoms with Crippen molar-refractivity contribution in [2.75, 3.05) is 0 Å². The first-order chi connectivity index (χ1) is 16.8. The molecule has 2 aromatic carbocycles. The summed E-state index contributed by atoms with van der Waals surface area (Å²) in [6, 6.07) is 17.3. The molecule has 0 aliphatic rings. The summed E-state index contributed by atoms with van der Waals surface area (Å²) in [5, 5.41) is 0. The van der Waals surface area contributed by atoms with Crippen LogP contribution in [0.15, 0.2) is 58.5 Å². The predicted octanol–water partition coefficient (Wildman–Crippen LogP) is 10.4. The molecule has 0 spiro atoms. The molecule has 0 unspecified atom stereocenters. The second kappa shape index (κ2) is 21.5. The van der Waals surface area contributed by atoms with Crippen LogP contribution in [0.3, 0.4) is 0 Å². The summed E-state index contributed by atoms with van der Waals surface area (Å²) in [6.07, 6.45) is 25.0. The van der Waals surface area contributed by atoms with E-state index in [0.29, 0.717) is 0 Å². The van der Waals surface area contributed by atoms with Gasteiger partial charge in [0.15, 0.2) is 0 Å². The van der Waals surface area contributed by atoms with Gasteiger partial charge >= 0.3 is 0 Å². The van der Waals surface area contributed by atoms with Crippen molar-refractivity contribution in [3.63, 3.8) is 0 Å². The zero-order valence-corrected chi connectivity index (χ0v) is 23.3. The maximum atomic E-state index is 4.52. The number of hydrogen-bond acceptors (Lipinski definition) is 2. The summed E-state index contributed by atoms with van der Waals surface area (Å²) in [6.45, 7) is 4.55. The Morgan fingerprint density at radius 1 is 0.457 bits per heavy atom. The smallest absolute Gasteiger partial charge is 0.0630 e. The van der Waals surface area contributed by atoms with Crippen molar-refractivity contribution in [2.24, 2.45) is 9.98 Å². The van der Waals surface area contributed by atoms with Gasteiger partial charge in [-0.3, -0.25) is 9.98 Å². The van der Waals surface area contributed by atoms with Crippen molar-refractivity contribution < 1.29 is 16.5 Å². The minimum atomic E-state index is 0. The van der Waals surface area contributed by atoms with Gasteiger partial charge in [0.25, 0.3) is 0 Å². The molecule has 0 radical (unpaired) electrons. The van der Waals surface area contributed by atoms with E-state index in [1.165, 1.54) is 114 Å². The van der Waals surface area contributed by atoms with E-state index in [2.05, 4.69) is 72.4 Å². The van der Waals surface area contributed by atoms with E-state index in [1.54, 1.807) is 12.4 Å². The van der Waals surface area contributed by atoms with Crippen molar-refractivity contribution in [1.29, 1.82) is 0 Å². The molecule has 0 aliphatic heterocycles. The summed E-state index contributed by atoms with van der Waals surface area (Å²) < 4.78 is 0. The third kappa shape index (κ3) is 15.8. The number of rotatable bonds is 19. The molecule has 35 heavy (non-hydrogen) atoms. The average Bonchev–Trinajstić information content (AvgIpc) is 2.87. The standard InChI is InChI=1S/C32H48N2.Ni/c1-3-5-7-9-11-13-15-17-29-19-23-31(24-20-29)33-27-28-34-32-25-21-30(22-26-32)18-16-14-12-10-8-6-4-2;/h19-28H,3-18H2,1-2H3;. The molecule has 2 nitrogen and oxygen atoms in total. The van der Waals surface area contributed by atoms with Crippen LogP contribution in [-0.4, -0.2) is 12.4 Å². The molecule has 0 heterocycles. The Labute approximate surface area is 226 Å². The molecule has 2 aromatic rings. The van der Waals surface area contributed by atoms with Crippen LogP contribution in [0.2, 0.25) is 0 Å². The van der Waals surface area contributed by atoms with Crippen LogP contribution in [-0.2, 0) is 29.3 Å². The number of benzene rings is 2. The quantitative estimate of drug-likeness (QED) is 0.100. The Kier molecular flexibility index (Phi) is 19.3. The minimum Gasteiger partial charge on any atom is -0.255 e. The predicted molar refractivity (Wildman–Crippen MR) is 153 cm³/mol. The Bertz CT molecular complexity index is 724. The Hall–Kier alpha value is -1.73. The fourth-order valence-corrected chi connectivity index (χ4v) is 4.31. The summed E-state index contributed by atoms with van der Waals surface area (Å²) in [5.41, 5.74) is 4.80. The molecule has 0 amide bonds. The largest absolute Gasteiger partial charge is 0.255 e. The van der Waals surface area contributed by atoms with E-state index in [9.17, 15) is 0 Å². The van der Waals surface area contributed by atoms with Crippen molar-refractivity contribution in [2.45, 2.75) is 117 Å². The summed E-state index contributed by atoms with van der Waals surface area (Å²) in [4.78, 5) is 9.04. The zero-order chi connectivity index (χ0) is 24.1. The van der Waals surface area contributed by atoms with Gasteiger partial charge in [0, 0.05) is 28.9 Å². The average molecular weight is 519 g/mol. The van der Waals surface area contributed by atoms with Crippen molar-refractivity contribution >= 4 is 23.8 Å². The molecule has 196 valence electrons. The number of hydrogen-bond donors (Lipinski definition) is 0. The van der Waals surface area contributed by atoms with Crippen LogP contribution < -0.4 is 0 Å². The maximum absolute atomic E-state index is 4.52. The summed E-state index contributed by atoms with van der Waals surface area (Å²) in [5.74, 6) is 0. The van der Waals surface area contributed by atoms with E-state index in [-0.39, 0.29) is 16.5 Å². The molecule has 0 saturated heterocycles. The monoisotopic (exact) mass is 518 g/mol. The van der Waals surface area contributed by atoms with Gasteiger partial charge in [-0.2, -0.15) is 0 Å². The summed E-state index contributed by atoms with van der Waals surface area (Å²) in [7, 11) is 0. The molecule has 2 rings (SSSR count). The third-order valence-corrected chi connectivity index (χ3v) is 6.52.